The van der Waals surface area contributed by atoms with Crippen molar-refractivity contribution in [3.05, 3.63) is 64.1 Å². The second-order valence-electron chi connectivity index (χ2n) is 5.27. The molecule has 0 radical (unpaired) electrons. The monoisotopic (exact) mass is 433 g/mol. The molecule has 1 atom stereocenters. The highest BCUT2D eigenvalue weighted by Crippen LogP contribution is 2.25. The van der Waals surface area contributed by atoms with E-state index in [4.69, 9.17) is 27.9 Å². The van der Waals surface area contributed by atoms with E-state index in [0.29, 0.717) is 10.8 Å². The van der Waals surface area contributed by atoms with Gasteiger partial charge in [0, 0.05) is 16.5 Å². The van der Waals surface area contributed by atoms with Crippen LogP contribution in [0.1, 0.15) is 5.56 Å². The largest absolute Gasteiger partial charge is 0.468 e. The summed E-state index contributed by atoms with van der Waals surface area (Å²) in [5.74, 6) is 0.184. The molecule has 5 nitrogen and oxygen atoms in total. The lowest BCUT2D eigenvalue weighted by atomic mass is 10.2. The molecule has 0 aliphatic carbocycles. The number of halogens is 2. The predicted molar refractivity (Wildman–Crippen MR) is 105 cm³/mol. The number of sulfonamides is 1. The molecule has 0 saturated heterocycles. The zero-order valence-electron chi connectivity index (χ0n) is 13.8. The van der Waals surface area contributed by atoms with Crippen LogP contribution in [0.3, 0.4) is 0 Å². The van der Waals surface area contributed by atoms with E-state index in [0.717, 1.165) is 5.56 Å². The number of methoxy groups -OCH3 is 1. The molecule has 1 N–H and O–H groups in total. The van der Waals surface area contributed by atoms with E-state index < -0.39 is 22.0 Å². The number of nitrogens with one attached hydrogen (secondary N) is 1. The summed E-state index contributed by atoms with van der Waals surface area (Å²) in [6.07, 6.45) is 0. The van der Waals surface area contributed by atoms with Crippen molar-refractivity contribution in [2.24, 2.45) is 0 Å². The third-order valence-electron chi connectivity index (χ3n) is 3.36. The molecule has 2 rings (SSSR count). The second kappa shape index (κ2) is 9.62. The van der Waals surface area contributed by atoms with Gasteiger partial charge in [0.1, 0.15) is 10.9 Å². The number of hydrogen-bond acceptors (Lipinski definition) is 5. The Hall–Kier alpha value is -1.25. The van der Waals surface area contributed by atoms with E-state index in [1.165, 1.54) is 37.1 Å². The number of carbonyl (C=O) groups excluding carboxylic acids is 1. The maximum absolute atomic E-state index is 12.6. The number of ether oxygens (including phenoxy) is 1. The number of rotatable bonds is 8. The predicted octanol–water partition coefficient (Wildman–Crippen LogP) is 3.75. The molecule has 0 spiro atoms. The van der Waals surface area contributed by atoms with E-state index in [1.807, 2.05) is 30.3 Å². The molecule has 0 amide bonds. The number of esters is 1. The summed E-state index contributed by atoms with van der Waals surface area (Å²) < 4.78 is 32.2. The summed E-state index contributed by atoms with van der Waals surface area (Å²) in [5.41, 5.74) is 1.07. The molecular formula is C17H17Cl2NO4S2. The van der Waals surface area contributed by atoms with Crippen LogP contribution >= 0.6 is 35.0 Å². The van der Waals surface area contributed by atoms with Crippen LogP contribution in [-0.2, 0) is 25.3 Å². The van der Waals surface area contributed by atoms with Crippen molar-refractivity contribution in [1.29, 1.82) is 0 Å². The van der Waals surface area contributed by atoms with Crippen molar-refractivity contribution in [3.8, 4) is 0 Å². The van der Waals surface area contributed by atoms with Crippen molar-refractivity contribution in [3.63, 3.8) is 0 Å². The maximum Gasteiger partial charge on any atom is 0.324 e. The molecule has 0 fully saturated rings. The van der Waals surface area contributed by atoms with Crippen LogP contribution in [0, 0.1) is 0 Å². The van der Waals surface area contributed by atoms with Gasteiger partial charge in [0.05, 0.1) is 12.1 Å². The fraction of sp³-hybridized carbons (Fsp3) is 0.235. The second-order valence-corrected chi connectivity index (χ2v) is 8.83. The van der Waals surface area contributed by atoms with Gasteiger partial charge in [-0.3, -0.25) is 4.79 Å². The Morgan fingerprint density at radius 1 is 1.19 bits per heavy atom. The minimum absolute atomic E-state index is 0.0226. The van der Waals surface area contributed by atoms with Gasteiger partial charge in [0.15, 0.2) is 0 Å². The summed E-state index contributed by atoms with van der Waals surface area (Å²) in [4.78, 5) is 11.8. The van der Waals surface area contributed by atoms with Gasteiger partial charge >= 0.3 is 5.97 Å². The number of carbonyl (C=O) groups is 1. The van der Waals surface area contributed by atoms with Crippen LogP contribution in [0.5, 0.6) is 0 Å². The van der Waals surface area contributed by atoms with Gasteiger partial charge in [-0.1, -0.05) is 53.5 Å². The van der Waals surface area contributed by atoms with E-state index in [-0.39, 0.29) is 15.7 Å². The van der Waals surface area contributed by atoms with Crippen molar-refractivity contribution in [2.75, 3.05) is 12.9 Å². The SMILES string of the molecule is COC(=O)C(CSCc1ccccc1)NS(=O)(=O)c1ccc(Cl)cc1Cl. The lowest BCUT2D eigenvalue weighted by Crippen LogP contribution is -2.43. The first-order valence-corrected chi connectivity index (χ1v) is 10.9. The van der Waals surface area contributed by atoms with Crippen LogP contribution in [-0.4, -0.2) is 33.3 Å². The maximum atomic E-state index is 12.6. The lowest BCUT2D eigenvalue weighted by Gasteiger charge is -2.17. The minimum Gasteiger partial charge on any atom is -0.468 e. The summed E-state index contributed by atoms with van der Waals surface area (Å²) >= 11 is 13.2. The smallest absolute Gasteiger partial charge is 0.324 e. The average molecular weight is 434 g/mol. The first-order chi connectivity index (χ1) is 12.3. The molecule has 9 heteroatoms. The van der Waals surface area contributed by atoms with Crippen LogP contribution in [0.25, 0.3) is 0 Å². The topological polar surface area (TPSA) is 72.5 Å². The average Bonchev–Trinajstić information content (AvgIpc) is 2.60. The summed E-state index contributed by atoms with van der Waals surface area (Å²) in [7, 11) is -2.80. The van der Waals surface area contributed by atoms with E-state index >= 15 is 0 Å². The zero-order valence-corrected chi connectivity index (χ0v) is 17.0. The first kappa shape index (κ1) is 21.1. The quantitative estimate of drug-likeness (QED) is 0.641. The molecule has 140 valence electrons. The summed E-state index contributed by atoms with van der Waals surface area (Å²) in [5, 5.41) is 0.294. The number of benzene rings is 2. The Labute approximate surface area is 167 Å². The zero-order chi connectivity index (χ0) is 19.2. The molecule has 0 heterocycles. The standard InChI is InChI=1S/C17H17Cl2NO4S2/c1-24-17(21)15(11-25-10-12-5-3-2-4-6-12)20-26(22,23)16-8-7-13(18)9-14(16)19/h2-9,15,20H,10-11H2,1H3. The molecule has 1 unspecified atom stereocenters. The highest BCUT2D eigenvalue weighted by atomic mass is 35.5. The molecule has 26 heavy (non-hydrogen) atoms. The fourth-order valence-electron chi connectivity index (χ4n) is 2.11. The van der Waals surface area contributed by atoms with Crippen LogP contribution < -0.4 is 4.72 Å². The van der Waals surface area contributed by atoms with Gasteiger partial charge in [-0.15, -0.1) is 0 Å². The number of thioether (sulfide) groups is 1. The molecule has 2 aromatic rings. The van der Waals surface area contributed by atoms with Crippen LogP contribution in [0.4, 0.5) is 0 Å². The molecular weight excluding hydrogens is 417 g/mol. The van der Waals surface area contributed by atoms with Crippen molar-refractivity contribution in [2.45, 2.75) is 16.7 Å². The Balaban J connectivity index is 2.10. The van der Waals surface area contributed by atoms with Crippen molar-refractivity contribution in [1.82, 2.24) is 4.72 Å². The molecule has 0 aliphatic heterocycles. The summed E-state index contributed by atoms with van der Waals surface area (Å²) in [6, 6.07) is 12.7. The Morgan fingerprint density at radius 3 is 2.50 bits per heavy atom. The van der Waals surface area contributed by atoms with Gasteiger partial charge in [-0.2, -0.15) is 16.5 Å². The molecule has 2 aromatic carbocycles. The van der Waals surface area contributed by atoms with E-state index in [9.17, 15) is 13.2 Å². The third-order valence-corrected chi connectivity index (χ3v) is 6.66. The van der Waals surface area contributed by atoms with E-state index in [1.54, 1.807) is 0 Å². The normalized spacial score (nSPS) is 12.6. The fourth-order valence-corrected chi connectivity index (χ4v) is 5.17. The van der Waals surface area contributed by atoms with E-state index in [2.05, 4.69) is 4.72 Å². The molecule has 0 bridgehead atoms. The van der Waals surface area contributed by atoms with Gasteiger partial charge < -0.3 is 4.74 Å². The Morgan fingerprint density at radius 2 is 1.88 bits per heavy atom. The van der Waals surface area contributed by atoms with Gasteiger partial charge in [-0.25, -0.2) is 8.42 Å². The van der Waals surface area contributed by atoms with Crippen molar-refractivity contribution < 1.29 is 17.9 Å². The minimum atomic E-state index is -4.01. The molecule has 0 saturated carbocycles. The van der Waals surface area contributed by atoms with Gasteiger partial charge in [0.2, 0.25) is 10.0 Å². The Kier molecular flexibility index (Phi) is 7.79. The van der Waals surface area contributed by atoms with Crippen molar-refractivity contribution >= 4 is 51.0 Å². The van der Waals surface area contributed by atoms with Crippen LogP contribution in [0.2, 0.25) is 10.0 Å². The first-order valence-electron chi connectivity index (χ1n) is 7.50. The number of hydrogen-bond donors (Lipinski definition) is 1. The Bertz CT molecular complexity index is 860. The van der Waals surface area contributed by atoms with Crippen LogP contribution in [0.15, 0.2) is 53.4 Å². The summed E-state index contributed by atoms with van der Waals surface area (Å²) in [6.45, 7) is 0. The highest BCUT2D eigenvalue weighted by Gasteiger charge is 2.28. The lowest BCUT2D eigenvalue weighted by molar-refractivity contribution is -0.141. The third kappa shape index (κ3) is 5.89. The highest BCUT2D eigenvalue weighted by molar-refractivity contribution is 7.98. The molecule has 0 aliphatic rings. The van der Waals surface area contributed by atoms with Gasteiger partial charge in [-0.05, 0) is 23.8 Å². The van der Waals surface area contributed by atoms with Gasteiger partial charge in [0.25, 0.3) is 0 Å². The molecule has 0 aromatic heterocycles.